The van der Waals surface area contributed by atoms with Crippen LogP contribution in [0.2, 0.25) is 0 Å². The lowest BCUT2D eigenvalue weighted by molar-refractivity contribution is 0.833. The normalized spacial score (nSPS) is 8.14. The second kappa shape index (κ2) is 5.34. The Morgan fingerprint density at radius 1 is 1.43 bits per heavy atom. The lowest BCUT2D eigenvalue weighted by Crippen LogP contribution is -2.06. The smallest absolute Gasteiger partial charge is 0.145 e. The number of hydrogen-bond donors (Lipinski definition) is 1. The van der Waals surface area contributed by atoms with E-state index in [0.717, 1.165) is 5.69 Å². The first kappa shape index (κ1) is 9.76. The first-order valence-electron chi connectivity index (χ1n) is 4.00. The number of allylic oxidation sites excluding steroid dienone is 1. The summed E-state index contributed by atoms with van der Waals surface area (Å²) in [5.74, 6) is 0. The van der Waals surface area contributed by atoms with E-state index in [1.807, 2.05) is 18.2 Å². The Balaban J connectivity index is 2.48. The van der Waals surface area contributed by atoms with Crippen molar-refractivity contribution in [3.05, 3.63) is 41.9 Å². The number of hydrogen-bond acceptors (Lipinski definition) is 4. The van der Waals surface area contributed by atoms with Crippen molar-refractivity contribution in [2.24, 2.45) is 0 Å². The third-order valence-electron chi connectivity index (χ3n) is 1.50. The van der Waals surface area contributed by atoms with Gasteiger partial charge in [0, 0.05) is 12.4 Å². The fourth-order valence-corrected chi connectivity index (χ4v) is 0.850. The largest absolute Gasteiger partial charge is 0.384 e. The number of nitrogens with one attached hydrogen (secondary N) is 1. The molecule has 0 spiro atoms. The van der Waals surface area contributed by atoms with E-state index in [-0.39, 0.29) is 5.57 Å². The van der Waals surface area contributed by atoms with Crippen molar-refractivity contribution in [1.82, 2.24) is 10.3 Å². The monoisotopic (exact) mass is 184 g/mol. The van der Waals surface area contributed by atoms with Gasteiger partial charge in [-0.15, -0.1) is 0 Å². The molecule has 0 aromatic carbocycles. The quantitative estimate of drug-likeness (QED) is 0.714. The zero-order valence-corrected chi connectivity index (χ0v) is 7.44. The molecule has 0 aliphatic carbocycles. The zero-order chi connectivity index (χ0) is 10.2. The van der Waals surface area contributed by atoms with Gasteiger partial charge < -0.3 is 5.32 Å². The second-order valence-corrected chi connectivity index (χ2v) is 2.48. The fraction of sp³-hybridized carbons (Fsp3) is 0.100. The van der Waals surface area contributed by atoms with E-state index >= 15 is 0 Å². The molecule has 0 unspecified atom stereocenters. The van der Waals surface area contributed by atoms with Crippen molar-refractivity contribution < 1.29 is 0 Å². The van der Waals surface area contributed by atoms with E-state index in [9.17, 15) is 0 Å². The second-order valence-electron chi connectivity index (χ2n) is 2.48. The van der Waals surface area contributed by atoms with Crippen molar-refractivity contribution >= 4 is 0 Å². The van der Waals surface area contributed by atoms with Crippen LogP contribution in [0.4, 0.5) is 0 Å². The van der Waals surface area contributed by atoms with E-state index in [1.165, 1.54) is 6.20 Å². The number of nitrogens with zero attached hydrogens (tertiary/aromatic N) is 3. The maximum Gasteiger partial charge on any atom is 0.145 e. The van der Waals surface area contributed by atoms with Crippen LogP contribution in [-0.4, -0.2) is 4.98 Å². The van der Waals surface area contributed by atoms with E-state index < -0.39 is 0 Å². The highest BCUT2D eigenvalue weighted by Gasteiger charge is 1.91. The van der Waals surface area contributed by atoms with E-state index in [0.29, 0.717) is 6.54 Å². The Bertz CT molecular complexity index is 378. The molecule has 0 radical (unpaired) electrons. The molecule has 0 amide bonds. The van der Waals surface area contributed by atoms with Crippen LogP contribution in [0.3, 0.4) is 0 Å². The highest BCUT2D eigenvalue weighted by Crippen LogP contribution is 1.92. The molecular formula is C10H8N4. The average molecular weight is 184 g/mol. The number of pyridine rings is 1. The van der Waals surface area contributed by atoms with Crippen molar-refractivity contribution in [3.8, 4) is 12.1 Å². The van der Waals surface area contributed by atoms with Crippen molar-refractivity contribution in [1.29, 1.82) is 10.5 Å². The third-order valence-corrected chi connectivity index (χ3v) is 1.50. The Kier molecular flexibility index (Phi) is 3.72. The number of nitriles is 2. The summed E-state index contributed by atoms with van der Waals surface area (Å²) in [7, 11) is 0. The lowest BCUT2D eigenvalue weighted by Gasteiger charge is -1.98. The molecule has 0 saturated carbocycles. The van der Waals surface area contributed by atoms with Crippen LogP contribution in [0.1, 0.15) is 5.69 Å². The summed E-state index contributed by atoms with van der Waals surface area (Å²) in [5.41, 5.74) is 0.917. The maximum absolute atomic E-state index is 8.43. The molecule has 0 saturated heterocycles. The Morgan fingerprint density at radius 3 is 2.79 bits per heavy atom. The van der Waals surface area contributed by atoms with Gasteiger partial charge in [0.1, 0.15) is 17.7 Å². The summed E-state index contributed by atoms with van der Waals surface area (Å²) in [6, 6.07) is 9.08. The molecule has 1 N–H and O–H groups in total. The third kappa shape index (κ3) is 2.96. The first-order chi connectivity index (χ1) is 6.86. The first-order valence-corrected chi connectivity index (χ1v) is 4.00. The number of aromatic nitrogens is 1. The molecule has 1 rings (SSSR count). The minimum Gasteiger partial charge on any atom is -0.384 e. The van der Waals surface area contributed by atoms with Crippen molar-refractivity contribution in [2.45, 2.75) is 6.54 Å². The minimum absolute atomic E-state index is 0.0564. The summed E-state index contributed by atoms with van der Waals surface area (Å²) < 4.78 is 0. The summed E-state index contributed by atoms with van der Waals surface area (Å²) in [6.07, 6.45) is 3.07. The summed E-state index contributed by atoms with van der Waals surface area (Å²) >= 11 is 0. The van der Waals surface area contributed by atoms with Crippen molar-refractivity contribution in [2.75, 3.05) is 0 Å². The van der Waals surface area contributed by atoms with Crippen LogP contribution in [0.5, 0.6) is 0 Å². The zero-order valence-electron chi connectivity index (χ0n) is 7.44. The van der Waals surface area contributed by atoms with Crippen LogP contribution in [0.15, 0.2) is 36.2 Å². The molecule has 14 heavy (non-hydrogen) atoms. The molecule has 4 heteroatoms. The topological polar surface area (TPSA) is 72.5 Å². The average Bonchev–Trinajstić information content (AvgIpc) is 2.26. The Hall–Kier alpha value is -2.33. The van der Waals surface area contributed by atoms with Crippen LogP contribution in [0.25, 0.3) is 0 Å². The van der Waals surface area contributed by atoms with Gasteiger partial charge in [0.2, 0.25) is 0 Å². The summed E-state index contributed by atoms with van der Waals surface area (Å²) in [6.45, 7) is 0.508. The highest BCUT2D eigenvalue weighted by molar-refractivity contribution is 5.34. The predicted molar refractivity (Wildman–Crippen MR) is 50.4 cm³/mol. The van der Waals surface area contributed by atoms with Gasteiger partial charge >= 0.3 is 0 Å². The molecule has 4 nitrogen and oxygen atoms in total. The van der Waals surface area contributed by atoms with Crippen LogP contribution in [-0.2, 0) is 6.54 Å². The molecule has 0 aliphatic rings. The molecule has 0 atom stereocenters. The van der Waals surface area contributed by atoms with Gasteiger partial charge in [-0.25, -0.2) is 0 Å². The Morgan fingerprint density at radius 2 is 2.21 bits per heavy atom. The van der Waals surface area contributed by atoms with Crippen molar-refractivity contribution in [3.63, 3.8) is 0 Å². The molecule has 0 aliphatic heterocycles. The molecule has 0 bridgehead atoms. The van der Waals surface area contributed by atoms with Gasteiger partial charge in [-0.2, -0.15) is 10.5 Å². The minimum atomic E-state index is 0.0564. The molecule has 1 aromatic heterocycles. The molecule has 1 heterocycles. The van der Waals surface area contributed by atoms with E-state index in [1.54, 1.807) is 18.3 Å². The van der Waals surface area contributed by atoms with Gasteiger partial charge in [-0.05, 0) is 12.1 Å². The standard InChI is InChI=1S/C10H8N4/c11-5-9(6-12)7-13-8-10-3-1-2-4-14-10/h1-4,7,13H,8H2. The molecule has 1 aromatic rings. The lowest BCUT2D eigenvalue weighted by atomic mass is 10.3. The van der Waals surface area contributed by atoms with Crippen LogP contribution in [0, 0.1) is 22.7 Å². The Labute approximate surface area is 82.1 Å². The van der Waals surface area contributed by atoms with E-state index in [2.05, 4.69) is 10.3 Å². The van der Waals surface area contributed by atoms with E-state index in [4.69, 9.17) is 10.5 Å². The van der Waals surface area contributed by atoms with Crippen LogP contribution < -0.4 is 5.32 Å². The highest BCUT2D eigenvalue weighted by atomic mass is 14.9. The maximum atomic E-state index is 8.43. The SMILES string of the molecule is N#CC(C#N)=CNCc1ccccn1. The fourth-order valence-electron chi connectivity index (χ4n) is 0.850. The molecule has 0 fully saturated rings. The van der Waals surface area contributed by atoms with Gasteiger partial charge in [0.25, 0.3) is 0 Å². The number of rotatable bonds is 3. The molecular weight excluding hydrogens is 176 g/mol. The molecule has 68 valence electrons. The van der Waals surface area contributed by atoms with Crippen LogP contribution >= 0.6 is 0 Å². The summed E-state index contributed by atoms with van der Waals surface area (Å²) in [5, 5.41) is 19.7. The van der Waals surface area contributed by atoms with Gasteiger partial charge in [-0.1, -0.05) is 6.07 Å². The summed E-state index contributed by atoms with van der Waals surface area (Å²) in [4.78, 5) is 4.07. The van der Waals surface area contributed by atoms with Gasteiger partial charge in [0.15, 0.2) is 0 Å². The van der Waals surface area contributed by atoms with Gasteiger partial charge in [0.05, 0.1) is 12.2 Å². The predicted octanol–water partition coefficient (Wildman–Crippen LogP) is 1.10. The van der Waals surface area contributed by atoms with Gasteiger partial charge in [-0.3, -0.25) is 4.98 Å².